The van der Waals surface area contributed by atoms with Gasteiger partial charge in [-0.25, -0.2) is 0 Å². The van der Waals surface area contributed by atoms with Gasteiger partial charge < -0.3 is 5.73 Å². The summed E-state index contributed by atoms with van der Waals surface area (Å²) in [5.41, 5.74) is 8.73. The summed E-state index contributed by atoms with van der Waals surface area (Å²) >= 11 is 12.5. The lowest BCUT2D eigenvalue weighted by molar-refractivity contribution is 0.718. The number of aryl methyl sites for hydroxylation is 2. The molecular formula is C14H17Cl2N3. The van der Waals surface area contributed by atoms with Crippen molar-refractivity contribution < 1.29 is 0 Å². The topological polar surface area (TPSA) is 43.8 Å². The molecule has 0 saturated heterocycles. The van der Waals surface area contributed by atoms with E-state index in [-0.39, 0.29) is 0 Å². The Kier molecular flexibility index (Phi) is 4.38. The first-order valence-corrected chi connectivity index (χ1v) is 7.07. The number of nitrogens with two attached hydrogens (primary N) is 1. The van der Waals surface area contributed by atoms with Gasteiger partial charge in [0, 0.05) is 18.2 Å². The Morgan fingerprint density at radius 1 is 1.21 bits per heavy atom. The van der Waals surface area contributed by atoms with Crippen LogP contribution in [0.3, 0.4) is 0 Å². The van der Waals surface area contributed by atoms with Crippen LogP contribution in [0.1, 0.15) is 25.5 Å². The van der Waals surface area contributed by atoms with Crippen molar-refractivity contribution >= 4 is 29.0 Å². The van der Waals surface area contributed by atoms with E-state index in [9.17, 15) is 0 Å². The molecule has 1 heterocycles. The third kappa shape index (κ3) is 2.72. The molecule has 0 amide bonds. The second kappa shape index (κ2) is 5.85. The molecule has 102 valence electrons. The molecule has 19 heavy (non-hydrogen) atoms. The first-order chi connectivity index (χ1) is 9.06. The highest BCUT2D eigenvalue weighted by Gasteiger charge is 2.19. The number of anilines is 1. The van der Waals surface area contributed by atoms with E-state index in [1.807, 2.05) is 25.2 Å². The van der Waals surface area contributed by atoms with Crippen molar-refractivity contribution in [3.63, 3.8) is 0 Å². The lowest BCUT2D eigenvalue weighted by Gasteiger charge is -2.08. The molecule has 2 N–H and O–H groups in total. The van der Waals surface area contributed by atoms with Crippen LogP contribution in [0.25, 0.3) is 11.1 Å². The van der Waals surface area contributed by atoms with Gasteiger partial charge in [0.1, 0.15) is 5.82 Å². The Labute approximate surface area is 123 Å². The van der Waals surface area contributed by atoms with Crippen LogP contribution in [-0.2, 0) is 13.5 Å². The molecule has 0 aliphatic rings. The van der Waals surface area contributed by atoms with Gasteiger partial charge in [-0.05, 0) is 25.0 Å². The molecule has 0 unspecified atom stereocenters. The predicted octanol–water partition coefficient (Wildman–Crippen LogP) is 4.32. The average Bonchev–Trinajstić information content (AvgIpc) is 2.64. The number of benzene rings is 1. The Hall–Kier alpha value is -1.19. The number of halogens is 2. The van der Waals surface area contributed by atoms with Crippen LogP contribution < -0.4 is 5.73 Å². The zero-order chi connectivity index (χ0) is 14.0. The highest BCUT2D eigenvalue weighted by Crippen LogP contribution is 2.39. The molecule has 0 aliphatic carbocycles. The number of aromatic nitrogens is 2. The van der Waals surface area contributed by atoms with Gasteiger partial charge in [-0.2, -0.15) is 5.10 Å². The third-order valence-electron chi connectivity index (χ3n) is 3.14. The predicted molar refractivity (Wildman–Crippen MR) is 81.7 cm³/mol. The maximum Gasteiger partial charge on any atom is 0.129 e. The van der Waals surface area contributed by atoms with E-state index in [1.54, 1.807) is 4.68 Å². The van der Waals surface area contributed by atoms with Crippen LogP contribution in [0.4, 0.5) is 5.82 Å². The number of nitrogen functional groups attached to an aromatic ring is 1. The molecule has 1 aromatic carbocycles. The largest absolute Gasteiger partial charge is 0.383 e. The van der Waals surface area contributed by atoms with Crippen molar-refractivity contribution in [1.29, 1.82) is 0 Å². The van der Waals surface area contributed by atoms with E-state index in [4.69, 9.17) is 28.9 Å². The monoisotopic (exact) mass is 297 g/mol. The maximum absolute atomic E-state index is 6.27. The van der Waals surface area contributed by atoms with Crippen molar-refractivity contribution in [2.75, 3.05) is 5.73 Å². The number of hydrogen-bond acceptors (Lipinski definition) is 2. The van der Waals surface area contributed by atoms with Gasteiger partial charge in [-0.1, -0.05) is 42.6 Å². The summed E-state index contributed by atoms with van der Waals surface area (Å²) in [4.78, 5) is 0. The van der Waals surface area contributed by atoms with Crippen LogP contribution in [0.15, 0.2) is 18.2 Å². The zero-order valence-electron chi connectivity index (χ0n) is 11.1. The normalized spacial score (nSPS) is 10.9. The van der Waals surface area contributed by atoms with Crippen LogP contribution in [0.5, 0.6) is 0 Å². The van der Waals surface area contributed by atoms with Gasteiger partial charge in [0.05, 0.1) is 15.7 Å². The molecule has 2 rings (SSSR count). The molecule has 0 spiro atoms. The van der Waals surface area contributed by atoms with Gasteiger partial charge in [-0.3, -0.25) is 4.68 Å². The number of unbranched alkanes of at least 4 members (excludes halogenated alkanes) is 1. The van der Waals surface area contributed by atoms with Gasteiger partial charge >= 0.3 is 0 Å². The maximum atomic E-state index is 6.27. The number of hydrogen-bond donors (Lipinski definition) is 1. The fraction of sp³-hybridized carbons (Fsp3) is 0.357. The Morgan fingerprint density at radius 3 is 2.42 bits per heavy atom. The highest BCUT2D eigenvalue weighted by atomic mass is 35.5. The quantitative estimate of drug-likeness (QED) is 0.913. The Bertz CT molecular complexity index is 570. The third-order valence-corrected chi connectivity index (χ3v) is 3.77. The molecule has 1 aromatic heterocycles. The second-order valence-corrected chi connectivity index (χ2v) is 5.35. The summed E-state index contributed by atoms with van der Waals surface area (Å²) < 4.78 is 1.68. The summed E-state index contributed by atoms with van der Waals surface area (Å²) in [5, 5.41) is 5.68. The Balaban J connectivity index is 2.60. The average molecular weight is 298 g/mol. The molecule has 5 heteroatoms. The summed E-state index contributed by atoms with van der Waals surface area (Å²) in [6.07, 6.45) is 3.04. The molecule has 0 saturated carbocycles. The van der Waals surface area contributed by atoms with Gasteiger partial charge in [0.15, 0.2) is 0 Å². The van der Waals surface area contributed by atoms with E-state index < -0.39 is 0 Å². The van der Waals surface area contributed by atoms with Crippen molar-refractivity contribution in [2.45, 2.75) is 26.2 Å². The minimum Gasteiger partial charge on any atom is -0.383 e. The standard InChI is InChI=1S/C14H17Cl2N3/c1-3-4-8-11-13(14(17)19(2)18-11)12-9(15)6-5-7-10(12)16/h5-7H,3-4,8,17H2,1-2H3. The fourth-order valence-electron chi connectivity index (χ4n) is 2.12. The SMILES string of the molecule is CCCCc1nn(C)c(N)c1-c1c(Cl)cccc1Cl. The minimum absolute atomic E-state index is 0.598. The first-order valence-electron chi connectivity index (χ1n) is 6.32. The molecule has 0 aliphatic heterocycles. The highest BCUT2D eigenvalue weighted by molar-refractivity contribution is 6.39. The lowest BCUT2D eigenvalue weighted by atomic mass is 10.0. The van der Waals surface area contributed by atoms with Crippen LogP contribution in [-0.4, -0.2) is 9.78 Å². The Morgan fingerprint density at radius 2 is 1.84 bits per heavy atom. The van der Waals surface area contributed by atoms with Crippen molar-refractivity contribution in [3.8, 4) is 11.1 Å². The zero-order valence-corrected chi connectivity index (χ0v) is 12.6. The summed E-state index contributed by atoms with van der Waals surface area (Å²) in [7, 11) is 1.83. The van der Waals surface area contributed by atoms with E-state index >= 15 is 0 Å². The van der Waals surface area contributed by atoms with Crippen LogP contribution in [0.2, 0.25) is 10.0 Å². The molecule has 0 bridgehead atoms. The summed E-state index contributed by atoms with van der Waals surface area (Å²) in [6, 6.07) is 5.46. The minimum atomic E-state index is 0.598. The molecule has 0 fully saturated rings. The number of rotatable bonds is 4. The van der Waals surface area contributed by atoms with Crippen molar-refractivity contribution in [3.05, 3.63) is 33.9 Å². The van der Waals surface area contributed by atoms with Gasteiger partial charge in [-0.15, -0.1) is 0 Å². The smallest absolute Gasteiger partial charge is 0.129 e. The van der Waals surface area contributed by atoms with E-state index in [1.165, 1.54) is 0 Å². The lowest BCUT2D eigenvalue weighted by Crippen LogP contribution is -1.98. The van der Waals surface area contributed by atoms with E-state index in [0.29, 0.717) is 15.9 Å². The van der Waals surface area contributed by atoms with Crippen molar-refractivity contribution in [2.24, 2.45) is 7.05 Å². The molecule has 0 radical (unpaired) electrons. The van der Waals surface area contributed by atoms with Crippen molar-refractivity contribution in [1.82, 2.24) is 9.78 Å². The fourth-order valence-corrected chi connectivity index (χ4v) is 2.71. The van der Waals surface area contributed by atoms with E-state index in [0.717, 1.165) is 36.1 Å². The van der Waals surface area contributed by atoms with Crippen LogP contribution in [0, 0.1) is 0 Å². The summed E-state index contributed by atoms with van der Waals surface area (Å²) in [5.74, 6) is 0.598. The molecule has 2 aromatic rings. The number of nitrogens with zero attached hydrogens (tertiary/aromatic N) is 2. The van der Waals surface area contributed by atoms with Gasteiger partial charge in [0.25, 0.3) is 0 Å². The summed E-state index contributed by atoms with van der Waals surface area (Å²) in [6.45, 7) is 2.15. The van der Waals surface area contributed by atoms with Crippen LogP contribution >= 0.6 is 23.2 Å². The molecule has 0 atom stereocenters. The molecule has 3 nitrogen and oxygen atoms in total. The van der Waals surface area contributed by atoms with E-state index in [2.05, 4.69) is 12.0 Å². The first kappa shape index (κ1) is 14.2. The van der Waals surface area contributed by atoms with Gasteiger partial charge in [0.2, 0.25) is 0 Å². The second-order valence-electron chi connectivity index (χ2n) is 4.53. The molecular weight excluding hydrogens is 281 g/mol.